The summed E-state index contributed by atoms with van der Waals surface area (Å²) in [5.41, 5.74) is 0. The van der Waals surface area contributed by atoms with Crippen LogP contribution in [0.25, 0.3) is 0 Å². The molecular formula is C13H21Br. The number of unbranched alkanes of at least 4 members (excludes halogenated alkanes) is 5. The van der Waals surface area contributed by atoms with Crippen LogP contribution in [0, 0.1) is 11.8 Å². The second kappa shape index (κ2) is 12.8. The van der Waals surface area contributed by atoms with Gasteiger partial charge in [0.1, 0.15) is 0 Å². The molecule has 0 unspecified atom stereocenters. The average Bonchev–Trinajstić information content (AvgIpc) is 2.21. The summed E-state index contributed by atoms with van der Waals surface area (Å²) in [6, 6.07) is 0. The van der Waals surface area contributed by atoms with Crippen molar-refractivity contribution in [3.63, 3.8) is 0 Å². The van der Waals surface area contributed by atoms with Crippen molar-refractivity contribution in [1.29, 1.82) is 0 Å². The third-order valence-electron chi connectivity index (χ3n) is 1.97. The predicted molar refractivity (Wildman–Crippen MR) is 68.7 cm³/mol. The van der Waals surface area contributed by atoms with E-state index in [-0.39, 0.29) is 0 Å². The smallest absolute Gasteiger partial charge is 0.00922 e. The van der Waals surface area contributed by atoms with E-state index in [0.29, 0.717) is 0 Å². The number of hydrogen-bond donors (Lipinski definition) is 0. The molecule has 0 rings (SSSR count). The summed E-state index contributed by atoms with van der Waals surface area (Å²) in [5.74, 6) is 6.22. The van der Waals surface area contributed by atoms with Crippen LogP contribution >= 0.6 is 15.9 Å². The number of hydrogen-bond acceptors (Lipinski definition) is 0. The van der Waals surface area contributed by atoms with Crippen molar-refractivity contribution < 1.29 is 0 Å². The molecular weight excluding hydrogens is 236 g/mol. The van der Waals surface area contributed by atoms with E-state index in [9.17, 15) is 0 Å². The highest BCUT2D eigenvalue weighted by Crippen LogP contribution is 2.05. The van der Waals surface area contributed by atoms with Crippen LogP contribution in [-0.4, -0.2) is 5.33 Å². The van der Waals surface area contributed by atoms with Gasteiger partial charge in [0.2, 0.25) is 0 Å². The minimum atomic E-state index is 1.06. The van der Waals surface area contributed by atoms with E-state index in [1.807, 2.05) is 6.08 Å². The van der Waals surface area contributed by atoms with E-state index in [0.717, 1.165) is 18.2 Å². The van der Waals surface area contributed by atoms with E-state index in [2.05, 4.69) is 40.8 Å². The van der Waals surface area contributed by atoms with E-state index in [1.54, 1.807) is 0 Å². The van der Waals surface area contributed by atoms with E-state index in [4.69, 9.17) is 0 Å². The van der Waals surface area contributed by atoms with Gasteiger partial charge in [-0.25, -0.2) is 0 Å². The Morgan fingerprint density at radius 1 is 1.07 bits per heavy atom. The van der Waals surface area contributed by atoms with Gasteiger partial charge in [0.15, 0.2) is 0 Å². The zero-order valence-electron chi connectivity index (χ0n) is 9.19. The summed E-state index contributed by atoms with van der Waals surface area (Å²) in [6.07, 6.45) is 12.8. The molecule has 0 bridgehead atoms. The Morgan fingerprint density at radius 2 is 1.79 bits per heavy atom. The molecule has 80 valence electrons. The maximum atomic E-state index is 3.44. The standard InChI is InChI=1S/C13H21Br/c1-2-3-4-5-6-7-8-9-10-11-12-13-14/h3-4H,2,7-13H2,1H3. The van der Waals surface area contributed by atoms with Crippen molar-refractivity contribution in [2.45, 2.75) is 51.9 Å². The lowest BCUT2D eigenvalue weighted by molar-refractivity contribution is 0.645. The summed E-state index contributed by atoms with van der Waals surface area (Å²) < 4.78 is 0. The van der Waals surface area contributed by atoms with Gasteiger partial charge < -0.3 is 0 Å². The Kier molecular flexibility index (Phi) is 12.6. The second-order valence-corrected chi connectivity index (χ2v) is 4.13. The SMILES string of the molecule is CCC=CC#CCCCCCCCBr. The van der Waals surface area contributed by atoms with Crippen LogP contribution in [0.1, 0.15) is 51.9 Å². The highest BCUT2D eigenvalue weighted by molar-refractivity contribution is 9.09. The van der Waals surface area contributed by atoms with Crippen molar-refractivity contribution in [3.05, 3.63) is 12.2 Å². The lowest BCUT2D eigenvalue weighted by Gasteiger charge is -1.95. The fourth-order valence-electron chi connectivity index (χ4n) is 1.15. The third kappa shape index (κ3) is 11.8. The molecule has 0 nitrogen and oxygen atoms in total. The van der Waals surface area contributed by atoms with E-state index >= 15 is 0 Å². The van der Waals surface area contributed by atoms with Crippen LogP contribution in [0.15, 0.2) is 12.2 Å². The largest absolute Gasteiger partial charge is 0.0985 e. The van der Waals surface area contributed by atoms with Crippen molar-refractivity contribution in [3.8, 4) is 11.8 Å². The van der Waals surface area contributed by atoms with Gasteiger partial charge in [-0.05, 0) is 25.3 Å². The van der Waals surface area contributed by atoms with E-state index < -0.39 is 0 Å². The van der Waals surface area contributed by atoms with Crippen molar-refractivity contribution >= 4 is 15.9 Å². The molecule has 0 aliphatic rings. The Morgan fingerprint density at radius 3 is 2.50 bits per heavy atom. The Hall–Kier alpha value is -0.220. The van der Waals surface area contributed by atoms with Gasteiger partial charge in [-0.2, -0.15) is 0 Å². The number of alkyl halides is 1. The molecule has 0 aromatic heterocycles. The zero-order chi connectivity index (χ0) is 10.5. The maximum Gasteiger partial charge on any atom is 0.00922 e. The summed E-state index contributed by atoms with van der Waals surface area (Å²) in [5, 5.41) is 1.15. The third-order valence-corrected chi connectivity index (χ3v) is 2.54. The fourth-order valence-corrected chi connectivity index (χ4v) is 1.54. The molecule has 0 aliphatic carbocycles. The van der Waals surface area contributed by atoms with Crippen molar-refractivity contribution in [2.75, 3.05) is 5.33 Å². The lowest BCUT2D eigenvalue weighted by atomic mass is 10.1. The van der Waals surface area contributed by atoms with Gasteiger partial charge in [-0.3, -0.25) is 0 Å². The lowest BCUT2D eigenvalue weighted by Crippen LogP contribution is -1.79. The number of allylic oxidation sites excluding steroid dienone is 2. The van der Waals surface area contributed by atoms with Gasteiger partial charge in [0.05, 0.1) is 0 Å². The van der Waals surface area contributed by atoms with Crippen molar-refractivity contribution in [1.82, 2.24) is 0 Å². The molecule has 0 heterocycles. The van der Waals surface area contributed by atoms with Gasteiger partial charge in [-0.1, -0.05) is 60.0 Å². The van der Waals surface area contributed by atoms with Gasteiger partial charge >= 0.3 is 0 Å². The maximum absolute atomic E-state index is 3.44. The van der Waals surface area contributed by atoms with Crippen LogP contribution in [0.4, 0.5) is 0 Å². The first-order valence-electron chi connectivity index (χ1n) is 5.61. The van der Waals surface area contributed by atoms with Crippen LogP contribution in [0.5, 0.6) is 0 Å². The molecule has 0 saturated carbocycles. The average molecular weight is 257 g/mol. The summed E-state index contributed by atoms with van der Waals surface area (Å²) in [6.45, 7) is 2.13. The Bertz CT molecular complexity index is 183. The molecule has 0 radical (unpaired) electrons. The number of halogens is 1. The van der Waals surface area contributed by atoms with Crippen molar-refractivity contribution in [2.24, 2.45) is 0 Å². The first kappa shape index (κ1) is 13.8. The van der Waals surface area contributed by atoms with Gasteiger partial charge in [0, 0.05) is 11.8 Å². The molecule has 0 amide bonds. The highest BCUT2D eigenvalue weighted by atomic mass is 79.9. The monoisotopic (exact) mass is 256 g/mol. The molecule has 0 aromatic rings. The fraction of sp³-hybridized carbons (Fsp3) is 0.692. The van der Waals surface area contributed by atoms with Gasteiger partial charge in [-0.15, -0.1) is 0 Å². The zero-order valence-corrected chi connectivity index (χ0v) is 10.8. The summed E-state index contributed by atoms with van der Waals surface area (Å²) >= 11 is 3.44. The normalized spacial score (nSPS) is 10.1. The van der Waals surface area contributed by atoms with Crippen LogP contribution in [0.3, 0.4) is 0 Å². The first-order chi connectivity index (χ1) is 6.91. The quantitative estimate of drug-likeness (QED) is 0.352. The minimum absolute atomic E-state index is 1.06. The molecule has 0 saturated heterocycles. The summed E-state index contributed by atoms with van der Waals surface area (Å²) in [7, 11) is 0. The molecule has 0 spiro atoms. The highest BCUT2D eigenvalue weighted by Gasteiger charge is 1.87. The molecule has 0 aromatic carbocycles. The molecule has 0 fully saturated rings. The molecule has 0 aliphatic heterocycles. The van der Waals surface area contributed by atoms with Crippen LogP contribution in [-0.2, 0) is 0 Å². The predicted octanol–water partition coefficient (Wildman–Crippen LogP) is 4.69. The minimum Gasteiger partial charge on any atom is -0.0985 e. The molecule has 14 heavy (non-hydrogen) atoms. The van der Waals surface area contributed by atoms with Crippen LogP contribution < -0.4 is 0 Å². The second-order valence-electron chi connectivity index (χ2n) is 3.34. The van der Waals surface area contributed by atoms with Gasteiger partial charge in [0.25, 0.3) is 0 Å². The topological polar surface area (TPSA) is 0 Å². The van der Waals surface area contributed by atoms with E-state index in [1.165, 1.54) is 32.1 Å². The summed E-state index contributed by atoms with van der Waals surface area (Å²) in [4.78, 5) is 0. The first-order valence-corrected chi connectivity index (χ1v) is 6.73. The Labute approximate surface area is 97.3 Å². The number of rotatable bonds is 7. The van der Waals surface area contributed by atoms with Crippen LogP contribution in [0.2, 0.25) is 0 Å². The molecule has 0 atom stereocenters. The Balaban J connectivity index is 3.11. The molecule has 1 heteroatoms. The molecule has 0 N–H and O–H groups in total.